The third kappa shape index (κ3) is 7.56. The average Bonchev–Trinajstić information content (AvgIpc) is 2.29. The van der Waals surface area contributed by atoms with Crippen LogP contribution >= 0.6 is 0 Å². The van der Waals surface area contributed by atoms with Crippen LogP contribution in [0.1, 0.15) is 6.42 Å². The van der Waals surface area contributed by atoms with Crippen LogP contribution in [0.4, 0.5) is 0 Å². The summed E-state index contributed by atoms with van der Waals surface area (Å²) in [7, 11) is 0. The first-order chi connectivity index (χ1) is 8.11. The first kappa shape index (κ1) is 14.6. The van der Waals surface area contributed by atoms with Gasteiger partial charge >= 0.3 is 11.9 Å². The molecule has 0 heterocycles. The van der Waals surface area contributed by atoms with Gasteiger partial charge in [0.15, 0.2) is 0 Å². The van der Waals surface area contributed by atoms with Gasteiger partial charge in [0.25, 0.3) is 0 Å². The van der Waals surface area contributed by atoms with Crippen molar-refractivity contribution < 1.29 is 19.1 Å². The molecule has 4 heteroatoms. The molecule has 0 amide bonds. The molecule has 0 fully saturated rings. The lowest BCUT2D eigenvalue weighted by Gasteiger charge is -2.01. The van der Waals surface area contributed by atoms with E-state index in [0.717, 1.165) is 6.26 Å². The largest absolute Gasteiger partial charge is 0.434 e. The quantitative estimate of drug-likeness (QED) is 0.294. The molecular formula is C13H14O4. The SMILES string of the molecule is C=CC=COC(=O)CC(=C)C(=O)OC=CC=C. The molecule has 0 aromatic heterocycles. The normalized spacial score (nSPS) is 10.1. The van der Waals surface area contributed by atoms with Crippen molar-refractivity contribution in [3.63, 3.8) is 0 Å². The Balaban J connectivity index is 4.07. The Labute approximate surface area is 100 Å². The molecule has 0 aromatic carbocycles. The molecule has 0 atom stereocenters. The number of hydrogen-bond acceptors (Lipinski definition) is 4. The summed E-state index contributed by atoms with van der Waals surface area (Å²) in [5.74, 6) is -1.29. The average molecular weight is 234 g/mol. The molecule has 0 radical (unpaired) electrons. The van der Waals surface area contributed by atoms with Crippen molar-refractivity contribution in [2.24, 2.45) is 0 Å². The number of allylic oxidation sites excluding steroid dienone is 4. The Bertz CT molecular complexity index is 375. The van der Waals surface area contributed by atoms with Gasteiger partial charge in [0.05, 0.1) is 18.9 Å². The summed E-state index contributed by atoms with van der Waals surface area (Å²) in [5.41, 5.74) is 0.00992. The molecule has 0 saturated carbocycles. The molecule has 0 bridgehead atoms. The van der Waals surface area contributed by atoms with Gasteiger partial charge in [0.2, 0.25) is 0 Å². The summed E-state index contributed by atoms with van der Waals surface area (Å²) >= 11 is 0. The van der Waals surface area contributed by atoms with Gasteiger partial charge in [-0.25, -0.2) is 4.79 Å². The van der Waals surface area contributed by atoms with Crippen molar-refractivity contribution in [3.8, 4) is 0 Å². The van der Waals surface area contributed by atoms with Crippen LogP contribution in [0.25, 0.3) is 0 Å². The van der Waals surface area contributed by atoms with Crippen molar-refractivity contribution in [2.45, 2.75) is 6.42 Å². The highest BCUT2D eigenvalue weighted by Crippen LogP contribution is 2.03. The predicted octanol–water partition coefficient (Wildman–Crippen LogP) is 2.42. The van der Waals surface area contributed by atoms with E-state index in [0.29, 0.717) is 0 Å². The zero-order chi connectivity index (χ0) is 13.1. The van der Waals surface area contributed by atoms with Crippen molar-refractivity contribution in [3.05, 3.63) is 62.1 Å². The maximum atomic E-state index is 11.2. The molecule has 0 unspecified atom stereocenters. The summed E-state index contributed by atoms with van der Waals surface area (Å²) in [6.45, 7) is 10.2. The van der Waals surface area contributed by atoms with Crippen LogP contribution in [0.5, 0.6) is 0 Å². The lowest BCUT2D eigenvalue weighted by atomic mass is 10.2. The van der Waals surface area contributed by atoms with Crippen molar-refractivity contribution in [1.29, 1.82) is 0 Å². The number of hydrogen-bond donors (Lipinski definition) is 0. The fourth-order valence-corrected chi connectivity index (χ4v) is 0.699. The molecule has 0 N–H and O–H groups in total. The van der Waals surface area contributed by atoms with Crippen LogP contribution in [0.2, 0.25) is 0 Å². The van der Waals surface area contributed by atoms with Crippen LogP contribution in [0, 0.1) is 0 Å². The second-order valence-electron chi connectivity index (χ2n) is 2.80. The lowest BCUT2D eigenvalue weighted by molar-refractivity contribution is -0.140. The van der Waals surface area contributed by atoms with Gasteiger partial charge in [0.1, 0.15) is 0 Å². The summed E-state index contributed by atoms with van der Waals surface area (Å²) < 4.78 is 9.27. The van der Waals surface area contributed by atoms with Crippen molar-refractivity contribution in [1.82, 2.24) is 0 Å². The number of ether oxygens (including phenoxy) is 2. The minimum absolute atomic E-state index is 0.00992. The van der Waals surface area contributed by atoms with Crippen LogP contribution in [-0.4, -0.2) is 11.9 Å². The van der Waals surface area contributed by atoms with E-state index in [1.807, 2.05) is 0 Å². The first-order valence-electron chi connectivity index (χ1n) is 4.75. The predicted molar refractivity (Wildman–Crippen MR) is 64.6 cm³/mol. The Morgan fingerprint density at radius 2 is 1.53 bits per heavy atom. The molecular weight excluding hydrogens is 220 g/mol. The molecule has 4 nitrogen and oxygen atoms in total. The number of rotatable bonds is 7. The van der Waals surface area contributed by atoms with Gasteiger partial charge in [-0.1, -0.05) is 31.9 Å². The summed E-state index contributed by atoms with van der Waals surface area (Å²) in [6.07, 6.45) is 7.89. The van der Waals surface area contributed by atoms with Crippen molar-refractivity contribution >= 4 is 11.9 Å². The minimum Gasteiger partial charge on any atom is -0.434 e. The first-order valence-corrected chi connectivity index (χ1v) is 4.75. The smallest absolute Gasteiger partial charge is 0.338 e. The summed E-state index contributed by atoms with van der Waals surface area (Å²) in [4.78, 5) is 22.4. The van der Waals surface area contributed by atoms with E-state index in [-0.39, 0.29) is 12.0 Å². The summed E-state index contributed by atoms with van der Waals surface area (Å²) in [6, 6.07) is 0. The van der Waals surface area contributed by atoms with Gasteiger partial charge in [0, 0.05) is 5.57 Å². The van der Waals surface area contributed by atoms with E-state index in [1.165, 1.54) is 30.6 Å². The second kappa shape index (κ2) is 8.91. The highest BCUT2D eigenvalue weighted by molar-refractivity contribution is 5.93. The van der Waals surface area contributed by atoms with Crippen LogP contribution in [0.15, 0.2) is 62.1 Å². The maximum absolute atomic E-state index is 11.2. The van der Waals surface area contributed by atoms with Gasteiger partial charge in [-0.15, -0.1) is 0 Å². The van der Waals surface area contributed by atoms with E-state index in [4.69, 9.17) is 0 Å². The highest BCUT2D eigenvalue weighted by atomic mass is 16.5. The number of carbonyl (C=O) groups excluding carboxylic acids is 2. The topological polar surface area (TPSA) is 52.6 Å². The Morgan fingerprint density at radius 3 is 2.06 bits per heavy atom. The van der Waals surface area contributed by atoms with E-state index in [1.54, 1.807) is 0 Å². The lowest BCUT2D eigenvalue weighted by Crippen LogP contribution is -2.09. The van der Waals surface area contributed by atoms with Crippen LogP contribution < -0.4 is 0 Å². The van der Waals surface area contributed by atoms with Gasteiger partial charge in [-0.2, -0.15) is 0 Å². The molecule has 0 spiro atoms. The highest BCUT2D eigenvalue weighted by Gasteiger charge is 2.12. The Morgan fingerprint density at radius 1 is 1.00 bits per heavy atom. The van der Waals surface area contributed by atoms with Gasteiger partial charge in [-0.3, -0.25) is 4.79 Å². The van der Waals surface area contributed by atoms with E-state index in [2.05, 4.69) is 29.2 Å². The van der Waals surface area contributed by atoms with Crippen LogP contribution in [0.3, 0.4) is 0 Å². The molecule has 0 rings (SSSR count). The minimum atomic E-state index is -0.687. The zero-order valence-electron chi connectivity index (χ0n) is 9.43. The molecule has 0 aliphatic rings. The monoisotopic (exact) mass is 234 g/mol. The maximum Gasteiger partial charge on any atom is 0.338 e. The molecule has 0 aromatic rings. The zero-order valence-corrected chi connectivity index (χ0v) is 9.43. The fourth-order valence-electron chi connectivity index (χ4n) is 0.699. The van der Waals surface area contributed by atoms with Gasteiger partial charge < -0.3 is 9.47 Å². The number of esters is 2. The van der Waals surface area contributed by atoms with Crippen LogP contribution in [-0.2, 0) is 19.1 Å². The number of carbonyl (C=O) groups is 2. The fraction of sp³-hybridized carbons (Fsp3) is 0.0769. The molecule has 0 aliphatic heterocycles. The van der Waals surface area contributed by atoms with Crippen molar-refractivity contribution in [2.75, 3.05) is 0 Å². The third-order valence-corrected chi connectivity index (χ3v) is 1.45. The Hall–Kier alpha value is -2.36. The van der Waals surface area contributed by atoms with Gasteiger partial charge in [-0.05, 0) is 12.2 Å². The summed E-state index contributed by atoms with van der Waals surface area (Å²) in [5, 5.41) is 0. The second-order valence-corrected chi connectivity index (χ2v) is 2.80. The standard InChI is InChI=1S/C13H14O4/c1-4-6-8-16-12(14)10-11(3)13(15)17-9-7-5-2/h4-9H,1-3,10H2. The molecule has 0 aliphatic carbocycles. The molecule has 17 heavy (non-hydrogen) atoms. The van der Waals surface area contributed by atoms with E-state index < -0.39 is 11.9 Å². The third-order valence-electron chi connectivity index (χ3n) is 1.45. The molecule has 0 saturated heterocycles. The van der Waals surface area contributed by atoms with E-state index in [9.17, 15) is 9.59 Å². The Kier molecular flexibility index (Phi) is 7.67. The van der Waals surface area contributed by atoms with E-state index >= 15 is 0 Å². The molecule has 90 valence electrons.